The second-order valence-electron chi connectivity index (χ2n) is 2.50. The lowest BCUT2D eigenvalue weighted by Crippen LogP contribution is -2.43. The van der Waals surface area contributed by atoms with Crippen LogP contribution >= 0.6 is 22.9 Å². The molecule has 0 aliphatic rings. The van der Waals surface area contributed by atoms with Gasteiger partial charge in [-0.05, 0) is 11.4 Å². The average molecular weight is 265 g/mol. The summed E-state index contributed by atoms with van der Waals surface area (Å²) in [6, 6.07) is 1.08. The van der Waals surface area contributed by atoms with Crippen LogP contribution < -0.4 is 0 Å². The van der Waals surface area contributed by atoms with Crippen molar-refractivity contribution in [3.63, 3.8) is 0 Å². The van der Waals surface area contributed by atoms with E-state index in [-0.39, 0.29) is 0 Å². The van der Waals surface area contributed by atoms with Gasteiger partial charge in [0.15, 0.2) is 0 Å². The predicted molar refractivity (Wildman–Crippen MR) is 44.7 cm³/mol. The van der Waals surface area contributed by atoms with Crippen molar-refractivity contribution in [2.75, 3.05) is 0 Å². The highest BCUT2D eigenvalue weighted by atomic mass is 35.5. The number of Topliss-reactive ketones (excluding diaryl/α,β-unsaturated/α-hetero) is 1. The minimum absolute atomic E-state index is 0.408. The third-order valence-electron chi connectivity index (χ3n) is 1.46. The van der Waals surface area contributed by atoms with Gasteiger partial charge < -0.3 is 0 Å². The second-order valence-corrected chi connectivity index (χ2v) is 3.82. The predicted octanol–water partition coefficient (Wildman–Crippen LogP) is 3.78. The third-order valence-corrected chi connectivity index (χ3v) is 2.80. The monoisotopic (exact) mass is 264 g/mol. The normalized spacial score (nSPS) is 12.9. The highest BCUT2D eigenvalue weighted by molar-refractivity contribution is 7.12. The van der Waals surface area contributed by atoms with Gasteiger partial charge >= 0.3 is 12.1 Å². The van der Waals surface area contributed by atoms with Crippen molar-refractivity contribution >= 4 is 28.7 Å². The Morgan fingerprint density at radius 2 is 1.80 bits per heavy atom. The molecule has 84 valence electrons. The molecule has 15 heavy (non-hydrogen) atoms. The lowest BCUT2D eigenvalue weighted by Gasteiger charge is -2.17. The van der Waals surface area contributed by atoms with E-state index >= 15 is 0 Å². The largest absolute Gasteiger partial charge is 0.461 e. The summed E-state index contributed by atoms with van der Waals surface area (Å²) in [5, 5.41) is 0.746. The van der Waals surface area contributed by atoms with E-state index < -0.39 is 27.8 Å². The average Bonchev–Trinajstić information content (AvgIpc) is 2.48. The van der Waals surface area contributed by atoms with Gasteiger partial charge in [0.25, 0.3) is 5.78 Å². The van der Waals surface area contributed by atoms with E-state index in [1.807, 2.05) is 0 Å². The van der Waals surface area contributed by atoms with Gasteiger partial charge in [0.1, 0.15) is 0 Å². The fourth-order valence-electron chi connectivity index (χ4n) is 0.727. The van der Waals surface area contributed by atoms with E-state index in [9.17, 15) is 26.7 Å². The first-order valence-electron chi connectivity index (χ1n) is 3.40. The first kappa shape index (κ1) is 12.4. The number of hydrogen-bond acceptors (Lipinski definition) is 2. The fraction of sp³-hybridized carbons (Fsp3) is 0.286. The Bertz CT molecular complexity index is 383. The topological polar surface area (TPSA) is 17.1 Å². The Balaban J connectivity index is 3.11. The lowest BCUT2D eigenvalue weighted by atomic mass is 10.2. The van der Waals surface area contributed by atoms with Gasteiger partial charge in [0.2, 0.25) is 0 Å². The molecule has 1 aromatic rings. The molecular weight excluding hydrogens is 263 g/mol. The second kappa shape index (κ2) is 3.71. The standard InChI is InChI=1S/C7H2ClF5OS/c8-3-1-2-15-4(3)5(14)6(9,10)7(11,12)13/h1-2H. The summed E-state index contributed by atoms with van der Waals surface area (Å²) in [6.07, 6.45) is -5.91. The maximum atomic E-state index is 12.5. The third kappa shape index (κ3) is 2.12. The van der Waals surface area contributed by atoms with Crippen molar-refractivity contribution in [2.45, 2.75) is 12.1 Å². The maximum Gasteiger partial charge on any atom is 0.461 e. The van der Waals surface area contributed by atoms with Gasteiger partial charge in [0, 0.05) is 0 Å². The van der Waals surface area contributed by atoms with Crippen molar-refractivity contribution < 1.29 is 26.7 Å². The van der Waals surface area contributed by atoms with Crippen LogP contribution in [-0.2, 0) is 0 Å². The minimum atomic E-state index is -5.91. The van der Waals surface area contributed by atoms with E-state index in [1.165, 1.54) is 0 Å². The Labute approximate surface area is 89.5 Å². The molecule has 0 N–H and O–H groups in total. The first-order chi connectivity index (χ1) is 6.68. The Kier molecular flexibility index (Phi) is 3.06. The summed E-state index contributed by atoms with van der Waals surface area (Å²) in [7, 11) is 0. The number of carbonyl (C=O) groups excluding carboxylic acids is 1. The van der Waals surface area contributed by atoms with Crippen LogP contribution in [0.3, 0.4) is 0 Å². The van der Waals surface area contributed by atoms with Crippen LogP contribution in [0.5, 0.6) is 0 Å². The summed E-state index contributed by atoms with van der Waals surface area (Å²) in [5.41, 5.74) is 0. The molecule has 0 spiro atoms. The molecule has 0 unspecified atom stereocenters. The minimum Gasteiger partial charge on any atom is -0.286 e. The van der Waals surface area contributed by atoms with Crippen LogP contribution in [-0.4, -0.2) is 17.9 Å². The summed E-state index contributed by atoms with van der Waals surface area (Å²) < 4.78 is 60.5. The Morgan fingerprint density at radius 1 is 1.27 bits per heavy atom. The van der Waals surface area contributed by atoms with Gasteiger partial charge in [-0.1, -0.05) is 11.6 Å². The number of carbonyl (C=O) groups is 1. The molecule has 1 nitrogen and oxygen atoms in total. The van der Waals surface area contributed by atoms with Crippen molar-refractivity contribution in [1.29, 1.82) is 0 Å². The van der Waals surface area contributed by atoms with Crippen LogP contribution in [0.15, 0.2) is 11.4 Å². The van der Waals surface area contributed by atoms with Crippen LogP contribution in [0, 0.1) is 0 Å². The van der Waals surface area contributed by atoms with E-state index in [4.69, 9.17) is 11.6 Å². The molecule has 0 aliphatic carbocycles. The zero-order chi connectivity index (χ0) is 11.9. The highest BCUT2D eigenvalue weighted by Crippen LogP contribution is 2.40. The van der Waals surface area contributed by atoms with Crippen molar-refractivity contribution in [2.24, 2.45) is 0 Å². The molecule has 0 amide bonds. The first-order valence-corrected chi connectivity index (χ1v) is 4.66. The molecule has 1 aromatic heterocycles. The number of ketones is 1. The molecule has 0 fully saturated rings. The van der Waals surface area contributed by atoms with Crippen LogP contribution in [0.4, 0.5) is 22.0 Å². The fourth-order valence-corrected chi connectivity index (χ4v) is 1.84. The number of hydrogen-bond donors (Lipinski definition) is 0. The molecule has 0 aliphatic heterocycles. The van der Waals surface area contributed by atoms with E-state index in [0.717, 1.165) is 11.4 Å². The van der Waals surface area contributed by atoms with E-state index in [1.54, 1.807) is 0 Å². The zero-order valence-corrected chi connectivity index (χ0v) is 8.31. The summed E-state index contributed by atoms with van der Waals surface area (Å²) in [4.78, 5) is 10.1. The van der Waals surface area contributed by atoms with Crippen molar-refractivity contribution in [3.8, 4) is 0 Å². The summed E-state index contributed by atoms with van der Waals surface area (Å²) in [6.45, 7) is 0. The molecule has 0 aromatic carbocycles. The van der Waals surface area contributed by atoms with Crippen LogP contribution in [0.2, 0.25) is 5.02 Å². The number of halogens is 6. The van der Waals surface area contributed by atoms with Gasteiger partial charge in [-0.3, -0.25) is 4.79 Å². The molecule has 1 heterocycles. The van der Waals surface area contributed by atoms with Crippen molar-refractivity contribution in [1.82, 2.24) is 0 Å². The zero-order valence-electron chi connectivity index (χ0n) is 6.74. The quantitative estimate of drug-likeness (QED) is 0.587. The molecule has 1 rings (SSSR count). The van der Waals surface area contributed by atoms with Gasteiger partial charge in [-0.15, -0.1) is 11.3 Å². The Hall–Kier alpha value is -0.690. The van der Waals surface area contributed by atoms with Gasteiger partial charge in [0.05, 0.1) is 9.90 Å². The maximum absolute atomic E-state index is 12.5. The number of rotatable bonds is 2. The van der Waals surface area contributed by atoms with Crippen LogP contribution in [0.25, 0.3) is 0 Å². The van der Waals surface area contributed by atoms with Crippen molar-refractivity contribution in [3.05, 3.63) is 21.3 Å². The molecule has 0 atom stereocenters. The smallest absolute Gasteiger partial charge is 0.286 e. The number of thiophene rings is 1. The SMILES string of the molecule is O=C(c1sccc1Cl)C(F)(F)C(F)(F)F. The van der Waals surface area contributed by atoms with Gasteiger partial charge in [-0.25, -0.2) is 0 Å². The Morgan fingerprint density at radius 3 is 2.13 bits per heavy atom. The molecule has 0 radical (unpaired) electrons. The molecule has 8 heteroatoms. The summed E-state index contributed by atoms with van der Waals surface area (Å²) >= 11 is 5.72. The molecule has 0 bridgehead atoms. The van der Waals surface area contributed by atoms with Crippen LogP contribution in [0.1, 0.15) is 9.67 Å². The number of alkyl halides is 5. The molecular formula is C7H2ClF5OS. The highest BCUT2D eigenvalue weighted by Gasteiger charge is 2.63. The summed E-state index contributed by atoms with van der Waals surface area (Å²) in [5.74, 6) is -7.73. The van der Waals surface area contributed by atoms with E-state index in [0.29, 0.717) is 11.3 Å². The lowest BCUT2D eigenvalue weighted by molar-refractivity contribution is -0.255. The molecule has 0 saturated heterocycles. The van der Waals surface area contributed by atoms with Gasteiger partial charge in [-0.2, -0.15) is 22.0 Å². The van der Waals surface area contributed by atoms with E-state index in [2.05, 4.69) is 0 Å². The molecule has 0 saturated carbocycles.